The smallest absolute Gasteiger partial charge is 0.340 e. The first kappa shape index (κ1) is 16.5. The quantitative estimate of drug-likeness (QED) is 0.612. The Hall–Kier alpha value is -1.55. The monoisotopic (exact) mass is 278 g/mol. The van der Waals surface area contributed by atoms with Crippen LogP contribution >= 0.6 is 0 Å². The molecule has 1 aromatic rings. The van der Waals surface area contributed by atoms with Crippen LogP contribution in [0.1, 0.15) is 57.5 Å². The number of esters is 1. The van der Waals surface area contributed by atoms with Gasteiger partial charge in [0.05, 0.1) is 23.9 Å². The van der Waals surface area contributed by atoms with Crippen LogP contribution < -0.4 is 5.06 Å². The van der Waals surface area contributed by atoms with Gasteiger partial charge in [-0.05, 0) is 43.9 Å². The molecule has 0 bridgehead atoms. The van der Waals surface area contributed by atoms with Crippen LogP contribution in [0.15, 0.2) is 18.2 Å². The van der Waals surface area contributed by atoms with Gasteiger partial charge in [0.2, 0.25) is 0 Å². The summed E-state index contributed by atoms with van der Waals surface area (Å²) in [7, 11) is 1.32. The fourth-order valence-corrected chi connectivity index (χ4v) is 1.81. The average Bonchev–Trinajstić information content (AvgIpc) is 2.34. The Morgan fingerprint density at radius 2 is 1.65 bits per heavy atom. The van der Waals surface area contributed by atoms with Crippen LogP contribution in [0.25, 0.3) is 0 Å². The van der Waals surface area contributed by atoms with Gasteiger partial charge in [-0.1, -0.05) is 32.0 Å². The van der Waals surface area contributed by atoms with Gasteiger partial charge in [-0.15, -0.1) is 0 Å². The van der Waals surface area contributed by atoms with Crippen LogP contribution in [-0.4, -0.2) is 18.6 Å². The Morgan fingerprint density at radius 3 is 2.05 bits per heavy atom. The Morgan fingerprint density at radius 1 is 1.10 bits per heavy atom. The van der Waals surface area contributed by atoms with E-state index in [4.69, 9.17) is 4.74 Å². The Bertz CT molecular complexity index is 495. The number of ether oxygens (including phenoxy) is 1. The maximum absolute atomic E-state index is 12.4. The molecule has 0 aliphatic heterocycles. The van der Waals surface area contributed by atoms with Gasteiger partial charge in [-0.3, -0.25) is 0 Å². The predicted octanol–water partition coefficient (Wildman–Crippen LogP) is 3.72. The van der Waals surface area contributed by atoms with Crippen molar-refractivity contribution in [3.8, 4) is 0 Å². The molecule has 4 nitrogen and oxygen atoms in total. The number of rotatable bonds is 2. The first-order valence-corrected chi connectivity index (χ1v) is 6.68. The van der Waals surface area contributed by atoms with Gasteiger partial charge in [0.25, 0.3) is 0 Å². The molecule has 20 heavy (non-hydrogen) atoms. The largest absolute Gasteiger partial charge is 0.465 e. The molecule has 0 N–H and O–H groups in total. The molecule has 0 aliphatic carbocycles. The first-order valence-electron chi connectivity index (χ1n) is 6.68. The van der Waals surface area contributed by atoms with E-state index in [1.54, 1.807) is 32.9 Å². The second kappa shape index (κ2) is 5.44. The van der Waals surface area contributed by atoms with Crippen molar-refractivity contribution in [2.45, 2.75) is 52.5 Å². The van der Waals surface area contributed by atoms with Crippen molar-refractivity contribution < 1.29 is 14.7 Å². The molecule has 0 atom stereocenters. The fourth-order valence-electron chi connectivity index (χ4n) is 1.81. The third-order valence-corrected chi connectivity index (χ3v) is 3.10. The molecular weight excluding hydrogens is 254 g/mol. The number of carbonyl (C=O) groups excluding carboxylic acids is 1. The number of nitrogens with zero attached hydrogens (tertiary/aromatic N) is 1. The Balaban J connectivity index is 3.43. The Kier molecular flexibility index (Phi) is 4.49. The molecule has 1 radical (unpaired) electrons. The summed E-state index contributed by atoms with van der Waals surface area (Å²) in [5.41, 5.74) is 0.925. The summed E-state index contributed by atoms with van der Waals surface area (Å²) in [4.78, 5) is 12.0. The SMILES string of the molecule is COC(=O)c1cc(C(C)(C)C)ccc1N([O])C(C)(C)C. The van der Waals surface area contributed by atoms with E-state index in [1.807, 2.05) is 6.07 Å². The summed E-state index contributed by atoms with van der Waals surface area (Å²) < 4.78 is 4.80. The summed E-state index contributed by atoms with van der Waals surface area (Å²) in [5, 5.41) is 13.2. The zero-order chi connectivity index (χ0) is 15.7. The highest BCUT2D eigenvalue weighted by molar-refractivity contribution is 5.96. The van der Waals surface area contributed by atoms with E-state index in [1.165, 1.54) is 7.11 Å². The number of anilines is 1. The summed E-state index contributed by atoms with van der Waals surface area (Å²) in [6, 6.07) is 5.33. The van der Waals surface area contributed by atoms with Crippen LogP contribution in [0.4, 0.5) is 5.69 Å². The van der Waals surface area contributed by atoms with Crippen LogP contribution in [0.2, 0.25) is 0 Å². The van der Waals surface area contributed by atoms with E-state index >= 15 is 0 Å². The summed E-state index contributed by atoms with van der Waals surface area (Å²) in [6.45, 7) is 11.6. The van der Waals surface area contributed by atoms with Gasteiger partial charge < -0.3 is 4.74 Å². The number of hydrogen-bond donors (Lipinski definition) is 0. The number of benzene rings is 1. The molecule has 1 rings (SSSR count). The zero-order valence-electron chi connectivity index (χ0n) is 13.4. The molecule has 0 heterocycles. The van der Waals surface area contributed by atoms with E-state index < -0.39 is 11.5 Å². The molecule has 0 aromatic heterocycles. The fraction of sp³-hybridized carbons (Fsp3) is 0.562. The molecule has 0 spiro atoms. The molecule has 0 aliphatic rings. The summed E-state index contributed by atoms with van der Waals surface area (Å²) >= 11 is 0. The lowest BCUT2D eigenvalue weighted by molar-refractivity contribution is 0.0590. The zero-order valence-corrected chi connectivity index (χ0v) is 13.4. The van der Waals surface area contributed by atoms with E-state index in [-0.39, 0.29) is 5.41 Å². The van der Waals surface area contributed by atoms with Crippen molar-refractivity contribution in [1.29, 1.82) is 0 Å². The van der Waals surface area contributed by atoms with Crippen molar-refractivity contribution in [3.05, 3.63) is 29.3 Å². The van der Waals surface area contributed by atoms with E-state index in [0.29, 0.717) is 11.3 Å². The van der Waals surface area contributed by atoms with E-state index in [9.17, 15) is 10.0 Å². The summed E-state index contributed by atoms with van der Waals surface area (Å²) in [5.74, 6) is -0.490. The highest BCUT2D eigenvalue weighted by atomic mass is 16.5. The van der Waals surface area contributed by atoms with Gasteiger partial charge in [-0.2, -0.15) is 0 Å². The molecule has 4 heteroatoms. The maximum atomic E-state index is 12.4. The third-order valence-electron chi connectivity index (χ3n) is 3.10. The van der Waals surface area contributed by atoms with Gasteiger partial charge in [-0.25, -0.2) is 9.86 Å². The lowest BCUT2D eigenvalue weighted by Gasteiger charge is -2.30. The predicted molar refractivity (Wildman–Crippen MR) is 79.4 cm³/mol. The van der Waals surface area contributed by atoms with Gasteiger partial charge in [0, 0.05) is 0 Å². The van der Waals surface area contributed by atoms with Gasteiger partial charge in [0.1, 0.15) is 0 Å². The molecule has 111 valence electrons. The molecule has 0 saturated heterocycles. The van der Waals surface area contributed by atoms with Crippen molar-refractivity contribution >= 4 is 11.7 Å². The molecule has 0 amide bonds. The van der Waals surface area contributed by atoms with E-state index in [2.05, 4.69) is 20.8 Å². The minimum atomic E-state index is -0.619. The van der Waals surface area contributed by atoms with Crippen molar-refractivity contribution in [3.63, 3.8) is 0 Å². The molecule has 0 fully saturated rings. The highest BCUT2D eigenvalue weighted by Crippen LogP contribution is 2.31. The number of methoxy groups -OCH3 is 1. The minimum absolute atomic E-state index is 0.100. The van der Waals surface area contributed by atoms with Crippen molar-refractivity contribution in [2.75, 3.05) is 12.2 Å². The first-order chi connectivity index (χ1) is 8.98. The number of carbonyl (C=O) groups is 1. The van der Waals surface area contributed by atoms with Crippen LogP contribution in [-0.2, 0) is 15.4 Å². The lowest BCUT2D eigenvalue weighted by Crippen LogP contribution is -2.38. The standard InChI is InChI=1S/C16H24NO3/c1-15(2,3)11-8-9-13(17(19)16(4,5)6)12(10-11)14(18)20-7/h8-10H,1-7H3. The summed E-state index contributed by atoms with van der Waals surface area (Å²) in [6.07, 6.45) is 0. The molecular formula is C16H24NO3. The molecule has 1 aromatic carbocycles. The van der Waals surface area contributed by atoms with Crippen LogP contribution in [0, 0.1) is 0 Å². The van der Waals surface area contributed by atoms with Crippen molar-refractivity contribution in [1.82, 2.24) is 0 Å². The van der Waals surface area contributed by atoms with E-state index in [0.717, 1.165) is 10.6 Å². The van der Waals surface area contributed by atoms with Crippen molar-refractivity contribution in [2.24, 2.45) is 0 Å². The average molecular weight is 278 g/mol. The third kappa shape index (κ3) is 3.51. The second-order valence-corrected chi connectivity index (χ2v) is 6.94. The Labute approximate surface area is 121 Å². The lowest BCUT2D eigenvalue weighted by atomic mass is 9.85. The molecule has 0 unspecified atom stereocenters. The van der Waals surface area contributed by atoms with Crippen LogP contribution in [0.3, 0.4) is 0 Å². The van der Waals surface area contributed by atoms with Crippen LogP contribution in [0.5, 0.6) is 0 Å². The second-order valence-electron chi connectivity index (χ2n) is 6.94. The maximum Gasteiger partial charge on any atom is 0.340 e. The number of hydrogen-bond acceptors (Lipinski definition) is 3. The number of hydroxylamine groups is 1. The topological polar surface area (TPSA) is 49.4 Å². The molecule has 0 saturated carbocycles. The van der Waals surface area contributed by atoms with Gasteiger partial charge in [0.15, 0.2) is 0 Å². The minimum Gasteiger partial charge on any atom is -0.465 e. The highest BCUT2D eigenvalue weighted by Gasteiger charge is 2.28. The normalized spacial score (nSPS) is 12.2. The van der Waals surface area contributed by atoms with Gasteiger partial charge >= 0.3 is 5.97 Å².